The third-order valence-corrected chi connectivity index (χ3v) is 6.34. The number of ether oxygens (including phenoxy) is 1. The Bertz CT molecular complexity index is 978. The van der Waals surface area contributed by atoms with Crippen molar-refractivity contribution in [3.05, 3.63) is 65.2 Å². The zero-order valence-corrected chi connectivity index (χ0v) is 19.9. The van der Waals surface area contributed by atoms with Gasteiger partial charge in [-0.3, -0.25) is 9.59 Å². The summed E-state index contributed by atoms with van der Waals surface area (Å²) >= 11 is 0. The Morgan fingerprint density at radius 2 is 1.61 bits per heavy atom. The van der Waals surface area contributed by atoms with Crippen molar-refractivity contribution in [2.75, 3.05) is 25.0 Å². The molecule has 1 aliphatic rings. The summed E-state index contributed by atoms with van der Waals surface area (Å²) in [5.74, 6) is -0.408. The number of carbonyl (C=O) groups is 3. The van der Waals surface area contributed by atoms with Crippen molar-refractivity contribution in [3.8, 4) is 0 Å². The number of rotatable bonds is 6. The highest BCUT2D eigenvalue weighted by atomic mass is 16.6. The van der Waals surface area contributed by atoms with Gasteiger partial charge in [-0.15, -0.1) is 0 Å². The summed E-state index contributed by atoms with van der Waals surface area (Å²) < 4.78 is 5.15. The van der Waals surface area contributed by atoms with E-state index in [4.69, 9.17) is 4.74 Å². The van der Waals surface area contributed by atoms with Crippen LogP contribution in [0.4, 0.5) is 10.5 Å². The van der Waals surface area contributed by atoms with Gasteiger partial charge in [0.25, 0.3) is 5.91 Å². The number of hydrogen-bond donors (Lipinski definition) is 1. The van der Waals surface area contributed by atoms with Crippen LogP contribution in [0, 0.1) is 13.8 Å². The molecule has 1 heterocycles. The van der Waals surface area contributed by atoms with Crippen LogP contribution in [-0.4, -0.2) is 52.9 Å². The van der Waals surface area contributed by atoms with Crippen LogP contribution in [-0.2, 0) is 20.9 Å². The van der Waals surface area contributed by atoms with Crippen LogP contribution in [0.25, 0.3) is 0 Å². The highest BCUT2D eigenvalue weighted by molar-refractivity contribution is 6.01. The van der Waals surface area contributed by atoms with Crippen molar-refractivity contribution in [3.63, 3.8) is 0 Å². The summed E-state index contributed by atoms with van der Waals surface area (Å²) in [6.07, 6.45) is 0.267. The van der Waals surface area contributed by atoms with E-state index in [0.29, 0.717) is 39.1 Å². The first-order valence-electron chi connectivity index (χ1n) is 11.4. The molecule has 1 N–H and O–H groups in total. The fourth-order valence-corrected chi connectivity index (χ4v) is 4.47. The Morgan fingerprint density at radius 3 is 2.15 bits per heavy atom. The van der Waals surface area contributed by atoms with Crippen LogP contribution >= 0.6 is 0 Å². The smallest absolute Gasteiger partial charge is 0.409 e. The third-order valence-electron chi connectivity index (χ3n) is 6.34. The van der Waals surface area contributed by atoms with E-state index in [0.717, 1.165) is 22.4 Å². The minimum atomic E-state index is -1.08. The molecular weight excluding hydrogens is 418 g/mol. The molecule has 7 nitrogen and oxygen atoms in total. The zero-order chi connectivity index (χ0) is 24.0. The maximum absolute atomic E-state index is 13.9. The predicted molar refractivity (Wildman–Crippen MR) is 128 cm³/mol. The van der Waals surface area contributed by atoms with E-state index < -0.39 is 11.6 Å². The number of amides is 3. The molecule has 0 aliphatic carbocycles. The summed E-state index contributed by atoms with van der Waals surface area (Å²) in [7, 11) is 0. The molecule has 2 aromatic rings. The lowest BCUT2D eigenvalue weighted by Crippen LogP contribution is -2.63. The van der Waals surface area contributed by atoms with Gasteiger partial charge in [0.05, 0.1) is 6.61 Å². The fraction of sp³-hybridized carbons (Fsp3) is 0.423. The number of para-hydroxylation sites is 1. The Morgan fingerprint density at radius 1 is 1.00 bits per heavy atom. The molecule has 176 valence electrons. The highest BCUT2D eigenvalue weighted by Gasteiger charge is 2.48. The zero-order valence-electron chi connectivity index (χ0n) is 19.9. The molecule has 1 aliphatic heterocycles. The maximum Gasteiger partial charge on any atom is 0.409 e. The van der Waals surface area contributed by atoms with Gasteiger partial charge in [0.15, 0.2) is 0 Å². The van der Waals surface area contributed by atoms with Crippen LogP contribution < -0.4 is 5.32 Å². The molecule has 2 aromatic carbocycles. The number of likely N-dealkylation sites (tertiary alicyclic amines) is 1. The van der Waals surface area contributed by atoms with Gasteiger partial charge in [-0.2, -0.15) is 0 Å². The van der Waals surface area contributed by atoms with Gasteiger partial charge in [0, 0.05) is 32.2 Å². The summed E-state index contributed by atoms with van der Waals surface area (Å²) in [5.41, 5.74) is 2.54. The van der Waals surface area contributed by atoms with E-state index in [2.05, 4.69) is 5.32 Å². The minimum Gasteiger partial charge on any atom is -0.450 e. The number of anilines is 1. The first-order valence-corrected chi connectivity index (χ1v) is 11.4. The molecule has 0 radical (unpaired) electrons. The molecule has 1 fully saturated rings. The molecule has 0 saturated carbocycles. The fourth-order valence-electron chi connectivity index (χ4n) is 4.47. The van der Waals surface area contributed by atoms with E-state index in [9.17, 15) is 14.4 Å². The largest absolute Gasteiger partial charge is 0.450 e. The molecule has 3 amide bonds. The van der Waals surface area contributed by atoms with Crippen molar-refractivity contribution >= 4 is 23.6 Å². The van der Waals surface area contributed by atoms with Crippen LogP contribution in [0.2, 0.25) is 0 Å². The topological polar surface area (TPSA) is 79.0 Å². The number of nitrogens with zero attached hydrogens (tertiary/aromatic N) is 2. The van der Waals surface area contributed by atoms with Gasteiger partial charge in [0.1, 0.15) is 5.54 Å². The van der Waals surface area contributed by atoms with Crippen molar-refractivity contribution < 1.29 is 19.1 Å². The molecule has 3 rings (SSSR count). The number of benzene rings is 2. The number of aryl methyl sites for hydroxylation is 2. The lowest BCUT2D eigenvalue weighted by atomic mass is 9.83. The van der Waals surface area contributed by atoms with Gasteiger partial charge < -0.3 is 19.9 Å². The summed E-state index contributed by atoms with van der Waals surface area (Å²) in [5, 5.41) is 3.11. The standard InChI is InChI=1S/C26H33N3O4/c1-5-33-25(32)28-16-14-26(15-17-28,24(31)27-23-19(2)10-9-11-20(23)3)29(21(4)30)18-22-12-7-6-8-13-22/h6-13H,5,14-18H2,1-4H3,(H,27,31). The molecular formula is C26H33N3O4. The molecule has 0 spiro atoms. The molecule has 33 heavy (non-hydrogen) atoms. The van der Waals surface area contributed by atoms with E-state index >= 15 is 0 Å². The second-order valence-electron chi connectivity index (χ2n) is 8.53. The van der Waals surface area contributed by atoms with Crippen molar-refractivity contribution in [2.24, 2.45) is 0 Å². The first-order chi connectivity index (χ1) is 15.8. The molecule has 0 bridgehead atoms. The molecule has 0 unspecified atom stereocenters. The van der Waals surface area contributed by atoms with Crippen LogP contribution in [0.5, 0.6) is 0 Å². The molecule has 1 saturated heterocycles. The van der Waals surface area contributed by atoms with Crippen LogP contribution in [0.3, 0.4) is 0 Å². The molecule has 0 aromatic heterocycles. The normalized spacial score (nSPS) is 15.0. The summed E-state index contributed by atoms with van der Waals surface area (Å²) in [4.78, 5) is 42.3. The Labute approximate surface area is 195 Å². The van der Waals surface area contributed by atoms with Gasteiger partial charge in [-0.05, 0) is 50.3 Å². The number of hydrogen-bond acceptors (Lipinski definition) is 4. The lowest BCUT2D eigenvalue weighted by molar-refractivity contribution is -0.148. The SMILES string of the molecule is CCOC(=O)N1CCC(C(=O)Nc2c(C)cccc2C)(N(Cc2ccccc2)C(C)=O)CC1. The Kier molecular flexibility index (Phi) is 7.74. The number of nitrogens with one attached hydrogen (secondary N) is 1. The Hall–Kier alpha value is -3.35. The van der Waals surface area contributed by atoms with Crippen molar-refractivity contribution in [1.82, 2.24) is 9.80 Å². The molecule has 7 heteroatoms. The van der Waals surface area contributed by atoms with Gasteiger partial charge in [-0.1, -0.05) is 48.5 Å². The van der Waals surface area contributed by atoms with E-state index in [1.807, 2.05) is 62.4 Å². The second kappa shape index (κ2) is 10.5. The minimum absolute atomic E-state index is 0.180. The summed E-state index contributed by atoms with van der Waals surface area (Å²) in [6.45, 7) is 8.43. The van der Waals surface area contributed by atoms with Crippen molar-refractivity contribution in [2.45, 2.75) is 52.6 Å². The van der Waals surface area contributed by atoms with Gasteiger partial charge in [-0.25, -0.2) is 4.79 Å². The highest BCUT2D eigenvalue weighted by Crippen LogP contribution is 2.34. The van der Waals surface area contributed by atoms with Crippen molar-refractivity contribution in [1.29, 1.82) is 0 Å². The Balaban J connectivity index is 1.96. The second-order valence-corrected chi connectivity index (χ2v) is 8.53. The molecule has 0 atom stereocenters. The predicted octanol–water partition coefficient (Wildman–Crippen LogP) is 4.28. The summed E-state index contributed by atoms with van der Waals surface area (Å²) in [6, 6.07) is 15.5. The van der Waals surface area contributed by atoms with E-state index in [-0.39, 0.29) is 11.8 Å². The lowest BCUT2D eigenvalue weighted by Gasteiger charge is -2.47. The average molecular weight is 452 g/mol. The quantitative estimate of drug-likeness (QED) is 0.711. The van der Waals surface area contributed by atoms with Gasteiger partial charge in [0.2, 0.25) is 5.91 Å². The first kappa shape index (κ1) is 24.3. The van der Waals surface area contributed by atoms with E-state index in [1.54, 1.807) is 16.7 Å². The van der Waals surface area contributed by atoms with Crippen LogP contribution in [0.1, 0.15) is 43.4 Å². The monoisotopic (exact) mass is 451 g/mol. The van der Waals surface area contributed by atoms with Gasteiger partial charge >= 0.3 is 6.09 Å². The third kappa shape index (κ3) is 5.35. The maximum atomic E-state index is 13.9. The van der Waals surface area contributed by atoms with E-state index in [1.165, 1.54) is 6.92 Å². The van der Waals surface area contributed by atoms with Crippen LogP contribution in [0.15, 0.2) is 48.5 Å². The number of piperidine rings is 1. The average Bonchev–Trinajstić information content (AvgIpc) is 2.80. The number of carbonyl (C=O) groups excluding carboxylic acids is 3.